The molecule has 3 aliphatic rings. The van der Waals surface area contributed by atoms with E-state index in [1.165, 1.54) is 24.1 Å². The average molecular weight is 566 g/mol. The number of nitrogens with one attached hydrogen (secondary N) is 1. The zero-order valence-electron chi connectivity index (χ0n) is 22.9. The quantitative estimate of drug-likeness (QED) is 0.318. The number of alkyl halides is 3. The third-order valence-corrected chi connectivity index (χ3v) is 9.08. The second-order valence-electron chi connectivity index (χ2n) is 11.5. The molecule has 2 heterocycles. The van der Waals surface area contributed by atoms with Gasteiger partial charge in [-0.2, -0.15) is 13.2 Å². The molecule has 2 fully saturated rings. The zero-order valence-corrected chi connectivity index (χ0v) is 22.9. The zero-order chi connectivity index (χ0) is 28.7. The number of rotatable bonds is 8. The van der Waals surface area contributed by atoms with Gasteiger partial charge in [0, 0.05) is 18.5 Å². The van der Waals surface area contributed by atoms with Crippen molar-refractivity contribution in [3.63, 3.8) is 0 Å². The van der Waals surface area contributed by atoms with Crippen molar-refractivity contribution in [1.82, 2.24) is 15.4 Å². The van der Waals surface area contributed by atoms with E-state index in [1.54, 1.807) is 6.20 Å². The molecular formula is C31H34F3N5O2. The van der Waals surface area contributed by atoms with Crippen molar-refractivity contribution in [1.29, 1.82) is 0 Å². The molecule has 0 spiro atoms. The standard InChI is InChI=1S/C31H34F3N5O2/c1-19(21-9-5-10-21)37-39-28-26(17-35-27(36-28)30(40)41)38(18-20-13-15-23(16-14-20)31(32,33)34)29(39)25-12-6-11-24(25)22-7-3-2-4-8-22/h2-4,7-8,13-17,19,21,24-25,29,37H,5-6,9-12,18H2,1H3,(H,40,41). The Morgan fingerprint density at radius 3 is 2.39 bits per heavy atom. The van der Waals surface area contributed by atoms with Crippen molar-refractivity contribution in [2.45, 2.75) is 76.3 Å². The highest BCUT2D eigenvalue weighted by Crippen LogP contribution is 2.49. The Bertz CT molecular complexity index is 1380. The van der Waals surface area contributed by atoms with Gasteiger partial charge in [0.1, 0.15) is 11.9 Å². The molecule has 41 heavy (non-hydrogen) atoms. The van der Waals surface area contributed by atoms with Crippen molar-refractivity contribution in [3.05, 3.63) is 83.3 Å². The number of hydrogen-bond acceptors (Lipinski definition) is 6. The fraction of sp³-hybridized carbons (Fsp3) is 0.452. The minimum atomic E-state index is -4.41. The number of carbonyl (C=O) groups is 1. The first-order chi connectivity index (χ1) is 19.7. The van der Waals surface area contributed by atoms with Gasteiger partial charge < -0.3 is 10.0 Å². The van der Waals surface area contributed by atoms with Gasteiger partial charge >= 0.3 is 12.1 Å². The predicted molar refractivity (Wildman–Crippen MR) is 149 cm³/mol. The topological polar surface area (TPSA) is 81.6 Å². The minimum absolute atomic E-state index is 0.143. The van der Waals surface area contributed by atoms with E-state index in [2.05, 4.69) is 39.4 Å². The summed E-state index contributed by atoms with van der Waals surface area (Å²) in [5.74, 6) is -0.0543. The third-order valence-electron chi connectivity index (χ3n) is 9.08. The Morgan fingerprint density at radius 2 is 1.76 bits per heavy atom. The predicted octanol–water partition coefficient (Wildman–Crippen LogP) is 6.62. The van der Waals surface area contributed by atoms with E-state index in [4.69, 9.17) is 0 Å². The molecule has 1 aliphatic heterocycles. The second kappa shape index (κ2) is 11.0. The molecular weight excluding hydrogens is 531 g/mol. The monoisotopic (exact) mass is 565 g/mol. The molecule has 6 rings (SSSR count). The van der Waals surface area contributed by atoms with Crippen LogP contribution in [0.15, 0.2) is 60.8 Å². The van der Waals surface area contributed by atoms with Crippen molar-refractivity contribution in [2.24, 2.45) is 11.8 Å². The van der Waals surface area contributed by atoms with E-state index >= 15 is 0 Å². The lowest BCUT2D eigenvalue weighted by Gasteiger charge is -2.42. The Balaban J connectivity index is 1.42. The van der Waals surface area contributed by atoms with Gasteiger partial charge in [-0.1, -0.05) is 55.3 Å². The molecule has 3 aromatic rings. The lowest BCUT2D eigenvalue weighted by atomic mass is 9.80. The highest BCUT2D eigenvalue weighted by atomic mass is 19.4. The summed E-state index contributed by atoms with van der Waals surface area (Å²) in [5.41, 5.74) is 5.67. The van der Waals surface area contributed by atoms with Gasteiger partial charge in [0.15, 0.2) is 5.82 Å². The van der Waals surface area contributed by atoms with E-state index in [-0.39, 0.29) is 29.9 Å². The highest BCUT2D eigenvalue weighted by Gasteiger charge is 2.48. The van der Waals surface area contributed by atoms with Gasteiger partial charge in [-0.15, -0.1) is 0 Å². The van der Waals surface area contributed by atoms with Crippen molar-refractivity contribution in [3.8, 4) is 0 Å². The van der Waals surface area contributed by atoms with Crippen LogP contribution in [0.4, 0.5) is 24.7 Å². The molecule has 0 amide bonds. The molecule has 4 atom stereocenters. The van der Waals surface area contributed by atoms with E-state index < -0.39 is 17.7 Å². The van der Waals surface area contributed by atoms with Gasteiger partial charge in [-0.05, 0) is 67.7 Å². The van der Waals surface area contributed by atoms with Gasteiger partial charge in [0.05, 0.1) is 11.8 Å². The van der Waals surface area contributed by atoms with Crippen LogP contribution in [0.5, 0.6) is 0 Å². The van der Waals surface area contributed by atoms with Gasteiger partial charge in [0.2, 0.25) is 5.82 Å². The molecule has 2 aliphatic carbocycles. The summed E-state index contributed by atoms with van der Waals surface area (Å²) in [7, 11) is 0. The molecule has 0 bridgehead atoms. The fourth-order valence-electron chi connectivity index (χ4n) is 6.72. The maximum Gasteiger partial charge on any atom is 0.416 e. The average Bonchev–Trinajstić information content (AvgIpc) is 3.51. The van der Waals surface area contributed by atoms with E-state index in [1.807, 2.05) is 23.2 Å². The van der Waals surface area contributed by atoms with Crippen molar-refractivity contribution in [2.75, 3.05) is 9.91 Å². The molecule has 2 saturated carbocycles. The second-order valence-corrected chi connectivity index (χ2v) is 11.5. The molecule has 10 heteroatoms. The molecule has 7 nitrogen and oxygen atoms in total. The molecule has 0 saturated heterocycles. The highest BCUT2D eigenvalue weighted by molar-refractivity contribution is 5.85. The van der Waals surface area contributed by atoms with Crippen LogP contribution in [-0.2, 0) is 12.7 Å². The Labute approximate surface area is 237 Å². The lowest BCUT2D eigenvalue weighted by molar-refractivity contribution is -0.137. The van der Waals surface area contributed by atoms with Crippen LogP contribution in [0.1, 0.15) is 78.7 Å². The van der Waals surface area contributed by atoms with Crippen LogP contribution in [0.3, 0.4) is 0 Å². The molecule has 216 valence electrons. The SMILES string of the molecule is CC(NN1c2nc(C(=O)O)ncc2N(Cc2ccc(C(F)(F)F)cc2)C1C1CCCC1c1ccccc1)C1CCC1. The van der Waals surface area contributed by atoms with Crippen molar-refractivity contribution >= 4 is 17.5 Å². The fourth-order valence-corrected chi connectivity index (χ4v) is 6.72. The van der Waals surface area contributed by atoms with Crippen LogP contribution in [0, 0.1) is 11.8 Å². The van der Waals surface area contributed by atoms with E-state index in [9.17, 15) is 23.1 Å². The maximum atomic E-state index is 13.3. The number of carboxylic acids is 1. The summed E-state index contributed by atoms with van der Waals surface area (Å²) in [4.78, 5) is 22.7. The number of aromatic nitrogens is 2. The summed E-state index contributed by atoms with van der Waals surface area (Å²) in [6.07, 6.45) is 3.39. The summed E-state index contributed by atoms with van der Waals surface area (Å²) in [6, 6.07) is 15.8. The summed E-state index contributed by atoms with van der Waals surface area (Å²) < 4.78 is 39.8. The van der Waals surface area contributed by atoms with E-state index in [0.29, 0.717) is 24.0 Å². The van der Waals surface area contributed by atoms with Crippen LogP contribution in [0.25, 0.3) is 0 Å². The normalized spacial score (nSPS) is 23.4. The Kier molecular flexibility index (Phi) is 7.36. The van der Waals surface area contributed by atoms with E-state index in [0.717, 1.165) is 49.8 Å². The number of benzene rings is 2. The first kappa shape index (κ1) is 27.5. The molecule has 2 aromatic carbocycles. The lowest BCUT2D eigenvalue weighted by Crippen LogP contribution is -2.58. The van der Waals surface area contributed by atoms with Crippen LogP contribution >= 0.6 is 0 Å². The van der Waals surface area contributed by atoms with Gasteiger partial charge in [-0.3, -0.25) is 5.01 Å². The van der Waals surface area contributed by atoms with Crippen molar-refractivity contribution < 1.29 is 23.1 Å². The largest absolute Gasteiger partial charge is 0.475 e. The summed E-state index contributed by atoms with van der Waals surface area (Å²) in [6.45, 7) is 2.49. The summed E-state index contributed by atoms with van der Waals surface area (Å²) >= 11 is 0. The maximum absolute atomic E-state index is 13.3. The number of nitrogens with zero attached hydrogens (tertiary/aromatic N) is 4. The number of carboxylic acid groups (broad SMARTS) is 1. The van der Waals surface area contributed by atoms with Crippen LogP contribution in [-0.4, -0.2) is 33.3 Å². The molecule has 4 unspecified atom stereocenters. The molecule has 2 N–H and O–H groups in total. The van der Waals surface area contributed by atoms with Gasteiger partial charge in [0.25, 0.3) is 0 Å². The first-order valence-corrected chi connectivity index (χ1v) is 14.3. The first-order valence-electron chi connectivity index (χ1n) is 14.3. The number of aromatic carboxylic acids is 1. The number of hydrogen-bond donors (Lipinski definition) is 2. The third kappa shape index (κ3) is 5.37. The van der Waals surface area contributed by atoms with Crippen LogP contribution in [0.2, 0.25) is 0 Å². The Morgan fingerprint density at radius 1 is 1.05 bits per heavy atom. The summed E-state index contributed by atoms with van der Waals surface area (Å²) in [5, 5.41) is 11.8. The number of halogens is 3. The number of fused-ring (bicyclic) bond motifs is 1. The Hall–Kier alpha value is -3.66. The molecule has 0 radical (unpaired) electrons. The molecule has 1 aromatic heterocycles. The number of hydrazine groups is 1. The van der Waals surface area contributed by atoms with Crippen LogP contribution < -0.4 is 15.3 Å². The van der Waals surface area contributed by atoms with Gasteiger partial charge in [-0.25, -0.2) is 20.2 Å². The number of anilines is 2. The smallest absolute Gasteiger partial charge is 0.416 e. The minimum Gasteiger partial charge on any atom is -0.475 e.